The number of aryl methyl sites for hydroxylation is 1. The van der Waals surface area contributed by atoms with Gasteiger partial charge in [0.1, 0.15) is 37.0 Å². The third-order valence-corrected chi connectivity index (χ3v) is 3.99. The molecule has 186 valence electrons. The first-order valence-electron chi connectivity index (χ1n) is 9.62. The van der Waals surface area contributed by atoms with E-state index in [4.69, 9.17) is 9.47 Å². The molecule has 0 aliphatic heterocycles. The third-order valence-electron chi connectivity index (χ3n) is 3.99. The number of aliphatic imine (C=N–C) groups is 1. The fourth-order valence-corrected chi connectivity index (χ4v) is 2.55. The first-order chi connectivity index (χ1) is 15.6. The summed E-state index contributed by atoms with van der Waals surface area (Å²) in [7, 11) is -7.10. The summed E-state index contributed by atoms with van der Waals surface area (Å²) in [6, 6.07) is 14.7. The molecule has 1 aromatic heterocycles. The van der Waals surface area contributed by atoms with Crippen LogP contribution in [0.4, 0.5) is 30.9 Å². The molecule has 6 nitrogen and oxygen atoms in total. The summed E-state index contributed by atoms with van der Waals surface area (Å²) in [4.78, 5) is 16.6. The number of ether oxygens (including phenoxy) is 2. The molecule has 34 heavy (non-hydrogen) atoms. The van der Waals surface area contributed by atoms with Crippen LogP contribution in [-0.2, 0) is 18.3 Å². The van der Waals surface area contributed by atoms with Crippen molar-refractivity contribution in [1.82, 2.24) is 4.57 Å². The number of esters is 1. The van der Waals surface area contributed by atoms with Gasteiger partial charge in [-0.25, -0.2) is 13.9 Å². The Hall–Kier alpha value is -3.40. The number of rotatable bonds is 7. The average Bonchev–Trinajstić information content (AvgIpc) is 3.15. The zero-order valence-corrected chi connectivity index (χ0v) is 19.0. The Balaban J connectivity index is 0.000000509. The minimum atomic E-state index is -10.7. The van der Waals surface area contributed by atoms with Crippen molar-refractivity contribution < 1.29 is 44.0 Å². The molecule has 0 fully saturated rings. The molecule has 0 atom stereocenters. The van der Waals surface area contributed by atoms with Crippen LogP contribution in [0.2, 0.25) is 0 Å². The molecule has 0 spiro atoms. The Morgan fingerprint density at radius 2 is 1.68 bits per heavy atom. The van der Waals surface area contributed by atoms with Crippen LogP contribution in [0.1, 0.15) is 15.9 Å². The van der Waals surface area contributed by atoms with E-state index in [1.165, 1.54) is 0 Å². The molecule has 3 aromatic rings. The van der Waals surface area contributed by atoms with E-state index in [-0.39, 0.29) is 5.97 Å². The number of imidazole rings is 1. The molecule has 0 bridgehead atoms. The van der Waals surface area contributed by atoms with Crippen LogP contribution in [-0.4, -0.2) is 30.5 Å². The van der Waals surface area contributed by atoms with Gasteiger partial charge in [0.25, 0.3) is 0 Å². The summed E-state index contributed by atoms with van der Waals surface area (Å²) < 4.78 is 73.7. The van der Waals surface area contributed by atoms with Gasteiger partial charge in [0, 0.05) is 6.21 Å². The summed E-state index contributed by atoms with van der Waals surface area (Å²) in [6.45, 7) is 0.945. The predicted molar refractivity (Wildman–Crippen MR) is 116 cm³/mol. The molecular formula is C21H22F6N3O3P. The minimum absolute atomic E-state index is 0.324. The molecule has 0 radical (unpaired) electrons. The summed E-state index contributed by atoms with van der Waals surface area (Å²) in [6.07, 6.45) is 7.54. The van der Waals surface area contributed by atoms with Gasteiger partial charge in [-0.1, -0.05) is 24.3 Å². The van der Waals surface area contributed by atoms with Crippen LogP contribution < -0.4 is 9.30 Å². The number of nitrogens with zero attached hydrogens (tertiary/aromatic N) is 3. The second-order valence-corrected chi connectivity index (χ2v) is 8.88. The molecule has 0 saturated heterocycles. The number of hydrogen-bond acceptors (Lipinski definition) is 4. The standard InChI is InChI=1S/C21H22N3O3.F6P/c1-23-11-12-24(16-23)13-14-27-21(25)18-9-7-17(8-10-18)15-22-19-5-3-4-6-20(19)26-2;1-7(2,3,4,5)6/h3-12,15-16H,13-14H2,1-2H3;/q+1;-1. The van der Waals surface area contributed by atoms with Crippen LogP contribution in [0.25, 0.3) is 0 Å². The van der Waals surface area contributed by atoms with Crippen LogP contribution in [0, 0.1) is 0 Å². The molecule has 0 amide bonds. The van der Waals surface area contributed by atoms with Crippen molar-refractivity contribution in [1.29, 1.82) is 0 Å². The van der Waals surface area contributed by atoms with Crippen molar-refractivity contribution in [3.05, 3.63) is 78.4 Å². The van der Waals surface area contributed by atoms with Crippen molar-refractivity contribution in [2.45, 2.75) is 6.54 Å². The summed E-state index contributed by atoms with van der Waals surface area (Å²) >= 11 is 0. The number of carbonyl (C=O) groups is 1. The van der Waals surface area contributed by atoms with Crippen molar-refractivity contribution in [3.8, 4) is 5.75 Å². The van der Waals surface area contributed by atoms with Gasteiger partial charge < -0.3 is 9.47 Å². The molecule has 0 N–H and O–H groups in total. The first kappa shape index (κ1) is 26.8. The van der Waals surface area contributed by atoms with Crippen molar-refractivity contribution >= 4 is 25.7 Å². The predicted octanol–water partition coefficient (Wildman–Crippen LogP) is 6.31. The Labute approximate surface area is 191 Å². The fraction of sp³-hybridized carbons (Fsp3) is 0.190. The Morgan fingerprint density at radius 1 is 1.06 bits per heavy atom. The molecule has 1 heterocycles. The summed E-state index contributed by atoms with van der Waals surface area (Å²) in [5.41, 5.74) is 2.15. The Morgan fingerprint density at radius 3 is 2.24 bits per heavy atom. The zero-order valence-electron chi connectivity index (χ0n) is 18.1. The van der Waals surface area contributed by atoms with E-state index in [0.29, 0.717) is 24.5 Å². The van der Waals surface area contributed by atoms with Crippen molar-refractivity contribution in [2.24, 2.45) is 12.0 Å². The van der Waals surface area contributed by atoms with E-state index in [1.54, 1.807) is 25.5 Å². The quantitative estimate of drug-likeness (QED) is 0.123. The van der Waals surface area contributed by atoms with Crippen molar-refractivity contribution in [2.75, 3.05) is 13.7 Å². The second-order valence-electron chi connectivity index (χ2n) is 6.96. The summed E-state index contributed by atoms with van der Waals surface area (Å²) in [5, 5.41) is 0. The number of para-hydroxylation sites is 2. The number of aromatic nitrogens is 2. The van der Waals surface area contributed by atoms with Gasteiger partial charge in [0.15, 0.2) is 0 Å². The molecule has 2 aromatic carbocycles. The topological polar surface area (TPSA) is 56.7 Å². The van der Waals surface area contributed by atoms with E-state index in [0.717, 1.165) is 11.3 Å². The van der Waals surface area contributed by atoms with Crippen LogP contribution >= 0.6 is 7.81 Å². The van der Waals surface area contributed by atoms with Gasteiger partial charge in [0.05, 0.1) is 19.7 Å². The molecule has 3 rings (SSSR count). The van der Waals surface area contributed by atoms with E-state index >= 15 is 0 Å². The molecule has 0 aliphatic rings. The molecule has 0 saturated carbocycles. The number of hydrogen-bond donors (Lipinski definition) is 0. The van der Waals surface area contributed by atoms with E-state index in [2.05, 4.69) is 4.99 Å². The van der Waals surface area contributed by atoms with E-state index < -0.39 is 7.81 Å². The van der Waals surface area contributed by atoms with E-state index in [1.807, 2.05) is 71.3 Å². The fourth-order valence-electron chi connectivity index (χ4n) is 2.55. The molecule has 0 unspecified atom stereocenters. The molecule has 13 heteroatoms. The Kier molecular flexibility index (Phi) is 7.77. The summed E-state index contributed by atoms with van der Waals surface area (Å²) in [5.74, 6) is 0.380. The SMILES string of the molecule is COc1ccccc1N=Cc1ccc(C(=O)OCCn2cc[n+](C)c2)cc1.F[P-](F)(F)(F)(F)F. The Bertz CT molecular complexity index is 1140. The number of benzene rings is 2. The van der Waals surface area contributed by atoms with E-state index in [9.17, 15) is 30.0 Å². The average molecular weight is 509 g/mol. The maximum atomic E-state index is 12.1. The van der Waals surface area contributed by atoms with Gasteiger partial charge in [-0.3, -0.25) is 4.99 Å². The number of halogens is 6. The van der Waals surface area contributed by atoms with Gasteiger partial charge >= 0.3 is 39.0 Å². The zero-order chi connectivity index (χ0) is 25.5. The molecule has 0 aliphatic carbocycles. The van der Waals surface area contributed by atoms with Crippen LogP contribution in [0.3, 0.4) is 0 Å². The van der Waals surface area contributed by atoms with Gasteiger partial charge in [-0.2, -0.15) is 0 Å². The van der Waals surface area contributed by atoms with Gasteiger partial charge in [-0.15, -0.1) is 0 Å². The monoisotopic (exact) mass is 509 g/mol. The number of carbonyl (C=O) groups excluding carboxylic acids is 1. The molecular weight excluding hydrogens is 487 g/mol. The first-order valence-corrected chi connectivity index (χ1v) is 11.7. The number of methoxy groups -OCH3 is 1. The van der Waals surface area contributed by atoms with Gasteiger partial charge in [0.2, 0.25) is 6.33 Å². The second kappa shape index (κ2) is 9.84. The van der Waals surface area contributed by atoms with Gasteiger partial charge in [-0.05, 0) is 29.8 Å². The van der Waals surface area contributed by atoms with Crippen LogP contribution in [0.15, 0.2) is 72.2 Å². The maximum absolute atomic E-state index is 12.1. The van der Waals surface area contributed by atoms with Crippen LogP contribution in [0.5, 0.6) is 5.75 Å². The normalized spacial score (nSPS) is 13.4. The van der Waals surface area contributed by atoms with Crippen molar-refractivity contribution in [3.63, 3.8) is 0 Å². The third kappa shape index (κ3) is 11.5.